The van der Waals surface area contributed by atoms with E-state index >= 15 is 0 Å². The predicted molar refractivity (Wildman–Crippen MR) is 79.8 cm³/mol. The zero-order valence-electron chi connectivity index (χ0n) is 12.3. The van der Waals surface area contributed by atoms with Crippen LogP contribution in [0.4, 0.5) is 10.5 Å². The van der Waals surface area contributed by atoms with E-state index in [-0.39, 0.29) is 12.1 Å². The molecule has 0 aromatic heterocycles. The molecule has 1 aliphatic rings. The van der Waals surface area contributed by atoms with Crippen LogP contribution in [-0.4, -0.2) is 45.1 Å². The molecule has 0 aliphatic carbocycles. The van der Waals surface area contributed by atoms with E-state index in [0.29, 0.717) is 44.5 Å². The maximum Gasteiger partial charge on any atom is 0.319 e. The minimum absolute atomic E-state index is 0.0932. The van der Waals surface area contributed by atoms with Gasteiger partial charge in [-0.3, -0.25) is 0 Å². The van der Waals surface area contributed by atoms with Gasteiger partial charge in [-0.15, -0.1) is 0 Å². The van der Waals surface area contributed by atoms with Crippen LogP contribution in [0.5, 0.6) is 5.75 Å². The summed E-state index contributed by atoms with van der Waals surface area (Å²) in [6.07, 6.45) is 0.855. The Kier molecular flexibility index (Phi) is 6.30. The van der Waals surface area contributed by atoms with Gasteiger partial charge in [0.15, 0.2) is 0 Å². The van der Waals surface area contributed by atoms with E-state index < -0.39 is 0 Å². The Balaban J connectivity index is 1.78. The fourth-order valence-electron chi connectivity index (χ4n) is 2.03. The highest BCUT2D eigenvalue weighted by Crippen LogP contribution is 2.17. The number of rotatable bonds is 7. The second-order valence-corrected chi connectivity index (χ2v) is 4.73. The Morgan fingerprint density at radius 3 is 3.10 bits per heavy atom. The van der Waals surface area contributed by atoms with Crippen molar-refractivity contribution in [2.75, 3.05) is 38.4 Å². The number of ether oxygens (including phenoxy) is 3. The number of hydrogen-bond donors (Lipinski definition) is 2. The summed E-state index contributed by atoms with van der Waals surface area (Å²) in [4.78, 5) is 11.8. The van der Waals surface area contributed by atoms with E-state index in [1.807, 2.05) is 25.1 Å². The van der Waals surface area contributed by atoms with Crippen molar-refractivity contribution in [2.24, 2.45) is 0 Å². The summed E-state index contributed by atoms with van der Waals surface area (Å²) in [7, 11) is 0. The molecule has 1 fully saturated rings. The highest BCUT2D eigenvalue weighted by atomic mass is 16.5. The molecule has 116 valence electrons. The van der Waals surface area contributed by atoms with Crippen LogP contribution in [0, 0.1) is 0 Å². The van der Waals surface area contributed by atoms with Gasteiger partial charge in [-0.25, -0.2) is 4.79 Å². The Hall–Kier alpha value is -1.79. The molecule has 2 amide bonds. The van der Waals surface area contributed by atoms with Crippen molar-refractivity contribution in [3.8, 4) is 5.75 Å². The molecule has 2 N–H and O–H groups in total. The molecule has 21 heavy (non-hydrogen) atoms. The number of hydrogen-bond acceptors (Lipinski definition) is 4. The number of anilines is 1. The topological polar surface area (TPSA) is 68.8 Å². The Labute approximate surface area is 124 Å². The van der Waals surface area contributed by atoms with Gasteiger partial charge in [0.25, 0.3) is 0 Å². The number of carbonyl (C=O) groups excluding carboxylic acids is 1. The molecule has 0 unspecified atom stereocenters. The number of benzene rings is 1. The van der Waals surface area contributed by atoms with E-state index in [2.05, 4.69) is 10.6 Å². The largest absolute Gasteiger partial charge is 0.491 e. The third-order valence-electron chi connectivity index (χ3n) is 3.06. The van der Waals surface area contributed by atoms with Crippen molar-refractivity contribution in [2.45, 2.75) is 19.4 Å². The minimum atomic E-state index is -0.225. The molecule has 0 radical (unpaired) electrons. The van der Waals surface area contributed by atoms with Gasteiger partial charge in [-0.2, -0.15) is 0 Å². The average molecular weight is 294 g/mol. The molecule has 0 bridgehead atoms. The van der Waals surface area contributed by atoms with Crippen LogP contribution in [0.25, 0.3) is 0 Å². The third kappa shape index (κ3) is 5.61. The van der Waals surface area contributed by atoms with Crippen LogP contribution in [0.15, 0.2) is 24.3 Å². The summed E-state index contributed by atoms with van der Waals surface area (Å²) in [5.41, 5.74) is 0.695. The summed E-state index contributed by atoms with van der Waals surface area (Å²) >= 11 is 0. The summed E-state index contributed by atoms with van der Waals surface area (Å²) < 4.78 is 16.0. The van der Waals surface area contributed by atoms with Gasteiger partial charge in [-0.1, -0.05) is 6.07 Å². The maximum atomic E-state index is 11.8. The predicted octanol–water partition coefficient (Wildman–Crippen LogP) is 2.01. The Morgan fingerprint density at radius 2 is 2.33 bits per heavy atom. The molecule has 1 aromatic carbocycles. The quantitative estimate of drug-likeness (QED) is 0.755. The normalized spacial score (nSPS) is 17.5. The van der Waals surface area contributed by atoms with E-state index in [0.717, 1.165) is 6.42 Å². The van der Waals surface area contributed by atoms with E-state index in [1.54, 1.807) is 6.07 Å². The molecule has 6 heteroatoms. The zero-order valence-corrected chi connectivity index (χ0v) is 12.3. The summed E-state index contributed by atoms with van der Waals surface area (Å²) in [5.74, 6) is 0.705. The van der Waals surface area contributed by atoms with E-state index in [1.165, 1.54) is 0 Å². The van der Waals surface area contributed by atoms with Crippen LogP contribution < -0.4 is 15.4 Å². The number of carbonyl (C=O) groups is 1. The van der Waals surface area contributed by atoms with E-state index in [4.69, 9.17) is 14.2 Å². The highest BCUT2D eigenvalue weighted by molar-refractivity contribution is 5.89. The summed E-state index contributed by atoms with van der Waals surface area (Å²) in [6, 6.07) is 7.16. The SMILES string of the molecule is CCOCCOc1cccc(NC(=O)N[C@H]2CCOC2)c1. The van der Waals surface area contributed by atoms with Crippen LogP contribution in [0.1, 0.15) is 13.3 Å². The van der Waals surface area contributed by atoms with Crippen molar-refractivity contribution < 1.29 is 19.0 Å². The summed E-state index contributed by atoms with van der Waals surface area (Å²) in [6.45, 7) is 4.94. The fraction of sp³-hybridized carbons (Fsp3) is 0.533. The molecule has 6 nitrogen and oxygen atoms in total. The number of urea groups is 1. The number of nitrogens with one attached hydrogen (secondary N) is 2. The Bertz CT molecular complexity index is 447. The highest BCUT2D eigenvalue weighted by Gasteiger charge is 2.17. The van der Waals surface area contributed by atoms with Crippen molar-refractivity contribution in [1.82, 2.24) is 5.32 Å². The molecular weight excluding hydrogens is 272 g/mol. The molecule has 1 aliphatic heterocycles. The summed E-state index contributed by atoms with van der Waals surface area (Å²) in [5, 5.41) is 5.66. The van der Waals surface area contributed by atoms with Crippen LogP contribution >= 0.6 is 0 Å². The van der Waals surface area contributed by atoms with Crippen molar-refractivity contribution in [1.29, 1.82) is 0 Å². The van der Waals surface area contributed by atoms with Gasteiger partial charge in [0.2, 0.25) is 0 Å². The van der Waals surface area contributed by atoms with Gasteiger partial charge < -0.3 is 24.8 Å². The van der Waals surface area contributed by atoms with E-state index in [9.17, 15) is 4.79 Å². The van der Waals surface area contributed by atoms with Crippen LogP contribution in [0.2, 0.25) is 0 Å². The first-order valence-corrected chi connectivity index (χ1v) is 7.24. The van der Waals surface area contributed by atoms with Gasteiger partial charge in [0.1, 0.15) is 12.4 Å². The monoisotopic (exact) mass is 294 g/mol. The van der Waals surface area contributed by atoms with Gasteiger partial charge in [0.05, 0.1) is 19.3 Å². The van der Waals surface area contributed by atoms with Gasteiger partial charge in [-0.05, 0) is 25.5 Å². The lowest BCUT2D eigenvalue weighted by Crippen LogP contribution is -2.38. The molecule has 0 spiro atoms. The fourth-order valence-corrected chi connectivity index (χ4v) is 2.03. The first kappa shape index (κ1) is 15.6. The van der Waals surface area contributed by atoms with Crippen LogP contribution in [-0.2, 0) is 9.47 Å². The standard InChI is InChI=1S/C15H22N2O4/c1-2-19-8-9-21-14-5-3-4-12(10-14)16-15(18)17-13-6-7-20-11-13/h3-5,10,13H,2,6-9,11H2,1H3,(H2,16,17,18)/t13-/m0/s1. The second-order valence-electron chi connectivity index (χ2n) is 4.73. The molecule has 1 atom stereocenters. The lowest BCUT2D eigenvalue weighted by molar-refractivity contribution is 0.110. The third-order valence-corrected chi connectivity index (χ3v) is 3.06. The van der Waals surface area contributed by atoms with Gasteiger partial charge >= 0.3 is 6.03 Å². The molecule has 1 saturated heterocycles. The van der Waals surface area contributed by atoms with Crippen LogP contribution in [0.3, 0.4) is 0 Å². The molecule has 0 saturated carbocycles. The zero-order chi connectivity index (χ0) is 14.9. The lowest BCUT2D eigenvalue weighted by Gasteiger charge is -2.13. The van der Waals surface area contributed by atoms with Crippen molar-refractivity contribution in [3.63, 3.8) is 0 Å². The molecule has 1 aromatic rings. The van der Waals surface area contributed by atoms with Gasteiger partial charge in [0, 0.05) is 25.0 Å². The molecule has 1 heterocycles. The van der Waals surface area contributed by atoms with Crippen molar-refractivity contribution in [3.05, 3.63) is 24.3 Å². The second kappa shape index (κ2) is 8.49. The average Bonchev–Trinajstić information content (AvgIpc) is 2.97. The smallest absolute Gasteiger partial charge is 0.319 e. The molecule has 2 rings (SSSR count). The molecular formula is C15H22N2O4. The minimum Gasteiger partial charge on any atom is -0.491 e. The first-order chi connectivity index (χ1) is 10.3. The maximum absolute atomic E-state index is 11.8. The lowest BCUT2D eigenvalue weighted by atomic mass is 10.2. The number of amides is 2. The Morgan fingerprint density at radius 1 is 1.43 bits per heavy atom. The van der Waals surface area contributed by atoms with Crippen molar-refractivity contribution >= 4 is 11.7 Å². The first-order valence-electron chi connectivity index (χ1n) is 7.24.